The van der Waals surface area contributed by atoms with Crippen LogP contribution in [0, 0.1) is 10.1 Å². The topological polar surface area (TPSA) is 232 Å². The highest BCUT2D eigenvalue weighted by Gasteiger charge is 2.31. The smallest absolute Gasteiger partial charge is 0.322 e. The maximum atomic E-state index is 13.1. The standard InChI is InChI=1S/C23H32N6O9/c1-2-15-22(34)27-16(5-3-4-9-24)23(35)28-17(21(33)25-12-19(30)31)8-10-38-18-7-6-13(29(36)37)11-14(18)20(32)26-15/h6-7,11,15-17H,2-5,8-10,12,24H2,1H3,(H,25,33)(H,26,32)(H,27,34)(H,28,35)(H,30,31)/t15-,16-,17-/m0/s1. The van der Waals surface area contributed by atoms with E-state index in [0.29, 0.717) is 19.4 Å². The second-order valence-electron chi connectivity index (χ2n) is 8.53. The molecule has 0 spiro atoms. The molecule has 0 bridgehead atoms. The summed E-state index contributed by atoms with van der Waals surface area (Å²) < 4.78 is 5.64. The van der Waals surface area contributed by atoms with Crippen LogP contribution in [0.3, 0.4) is 0 Å². The molecule has 0 fully saturated rings. The lowest BCUT2D eigenvalue weighted by atomic mass is 10.1. The number of nitrogens with one attached hydrogen (secondary N) is 4. The van der Waals surface area contributed by atoms with Crippen molar-refractivity contribution in [2.24, 2.45) is 5.73 Å². The van der Waals surface area contributed by atoms with Gasteiger partial charge < -0.3 is 36.8 Å². The molecule has 1 aromatic rings. The molecule has 0 saturated heterocycles. The summed E-state index contributed by atoms with van der Waals surface area (Å²) in [7, 11) is 0. The molecule has 1 heterocycles. The second-order valence-corrected chi connectivity index (χ2v) is 8.53. The fourth-order valence-electron chi connectivity index (χ4n) is 3.67. The minimum Gasteiger partial charge on any atom is -0.493 e. The third kappa shape index (κ3) is 8.69. The largest absolute Gasteiger partial charge is 0.493 e. The number of carboxylic acid groups (broad SMARTS) is 1. The Morgan fingerprint density at radius 3 is 2.50 bits per heavy atom. The van der Waals surface area contributed by atoms with Gasteiger partial charge >= 0.3 is 5.97 Å². The van der Waals surface area contributed by atoms with Crippen molar-refractivity contribution in [1.29, 1.82) is 0 Å². The lowest BCUT2D eigenvalue weighted by molar-refractivity contribution is -0.384. The van der Waals surface area contributed by atoms with Crippen molar-refractivity contribution in [3.8, 4) is 5.75 Å². The van der Waals surface area contributed by atoms with E-state index in [9.17, 15) is 34.1 Å². The summed E-state index contributed by atoms with van der Waals surface area (Å²) in [4.78, 5) is 73.3. The van der Waals surface area contributed by atoms with Gasteiger partial charge in [0.05, 0.1) is 17.1 Å². The van der Waals surface area contributed by atoms with Crippen LogP contribution in [0.1, 0.15) is 49.4 Å². The van der Waals surface area contributed by atoms with Crippen LogP contribution in [0.2, 0.25) is 0 Å². The lowest BCUT2D eigenvalue weighted by Crippen LogP contribution is -2.57. The van der Waals surface area contributed by atoms with E-state index in [1.165, 1.54) is 6.07 Å². The van der Waals surface area contributed by atoms with Gasteiger partial charge in [-0.1, -0.05) is 6.92 Å². The van der Waals surface area contributed by atoms with E-state index in [1.807, 2.05) is 0 Å². The van der Waals surface area contributed by atoms with Crippen molar-refractivity contribution >= 4 is 35.3 Å². The van der Waals surface area contributed by atoms with E-state index in [2.05, 4.69) is 21.3 Å². The first-order valence-corrected chi connectivity index (χ1v) is 12.1. The van der Waals surface area contributed by atoms with Gasteiger partial charge in [0.25, 0.3) is 11.6 Å². The number of carbonyl (C=O) groups excluding carboxylic acids is 4. The molecule has 15 nitrogen and oxygen atoms in total. The average Bonchev–Trinajstić information content (AvgIpc) is 2.88. The molecule has 2 rings (SSSR count). The summed E-state index contributed by atoms with van der Waals surface area (Å²) in [6, 6.07) is -0.0504. The molecule has 1 aromatic carbocycles. The molecular formula is C23H32N6O9. The van der Waals surface area contributed by atoms with Crippen LogP contribution in [0.5, 0.6) is 5.75 Å². The number of benzene rings is 1. The summed E-state index contributed by atoms with van der Waals surface area (Å²) in [6.07, 6.45) is 1.23. The number of hydrogen-bond donors (Lipinski definition) is 6. The Labute approximate surface area is 218 Å². The SMILES string of the molecule is CC[C@@H]1NC(=O)c2cc([N+](=O)[O-])ccc2OCC[C@@H](C(=O)NCC(=O)O)NC(=O)[C@H](CCCCN)NC1=O. The molecule has 0 aromatic heterocycles. The maximum absolute atomic E-state index is 13.1. The third-order valence-electron chi connectivity index (χ3n) is 5.74. The van der Waals surface area contributed by atoms with Crippen molar-refractivity contribution in [3.63, 3.8) is 0 Å². The Balaban J connectivity index is 2.44. The fraction of sp³-hybridized carbons (Fsp3) is 0.522. The Morgan fingerprint density at radius 1 is 1.16 bits per heavy atom. The van der Waals surface area contributed by atoms with Gasteiger partial charge in [-0.05, 0) is 38.3 Å². The van der Waals surface area contributed by atoms with Crippen LogP contribution in [0.15, 0.2) is 18.2 Å². The van der Waals surface area contributed by atoms with Crippen molar-refractivity contribution in [2.75, 3.05) is 19.7 Å². The van der Waals surface area contributed by atoms with Crippen LogP contribution in [-0.2, 0) is 19.2 Å². The number of carboxylic acids is 1. The monoisotopic (exact) mass is 536 g/mol. The molecule has 15 heteroatoms. The number of carbonyl (C=O) groups is 5. The van der Waals surface area contributed by atoms with Crippen LogP contribution in [0.25, 0.3) is 0 Å². The van der Waals surface area contributed by atoms with Gasteiger partial charge in [-0.2, -0.15) is 0 Å². The molecule has 0 aliphatic carbocycles. The Bertz CT molecular complexity index is 1060. The number of non-ortho nitro benzene ring substituents is 1. The van der Waals surface area contributed by atoms with Gasteiger partial charge in [-0.15, -0.1) is 0 Å². The second kappa shape index (κ2) is 14.5. The van der Waals surface area contributed by atoms with E-state index >= 15 is 0 Å². The number of nitro benzene ring substituents is 1. The summed E-state index contributed by atoms with van der Waals surface area (Å²) in [5, 5.41) is 30.0. The van der Waals surface area contributed by atoms with Crippen LogP contribution < -0.4 is 31.7 Å². The summed E-state index contributed by atoms with van der Waals surface area (Å²) in [5.41, 5.74) is 4.96. The third-order valence-corrected chi connectivity index (χ3v) is 5.74. The number of fused-ring (bicyclic) bond motifs is 1. The number of nitrogens with zero attached hydrogens (tertiary/aromatic N) is 1. The number of nitrogens with two attached hydrogens (primary N) is 1. The van der Waals surface area contributed by atoms with E-state index in [1.54, 1.807) is 6.92 Å². The average molecular weight is 537 g/mol. The number of unbranched alkanes of at least 4 members (excludes halogenated alkanes) is 1. The van der Waals surface area contributed by atoms with Crippen LogP contribution >= 0.6 is 0 Å². The predicted molar refractivity (Wildman–Crippen MR) is 132 cm³/mol. The molecular weight excluding hydrogens is 504 g/mol. The zero-order valence-corrected chi connectivity index (χ0v) is 20.9. The lowest BCUT2D eigenvalue weighted by Gasteiger charge is -2.26. The van der Waals surface area contributed by atoms with Gasteiger partial charge in [-0.3, -0.25) is 34.1 Å². The molecule has 38 heavy (non-hydrogen) atoms. The number of nitro groups is 1. The number of rotatable bonds is 9. The van der Waals surface area contributed by atoms with Crippen molar-refractivity contribution in [3.05, 3.63) is 33.9 Å². The molecule has 208 valence electrons. The van der Waals surface area contributed by atoms with Gasteiger partial charge in [0.15, 0.2) is 0 Å². The highest BCUT2D eigenvalue weighted by atomic mass is 16.6. The van der Waals surface area contributed by atoms with Crippen molar-refractivity contribution in [1.82, 2.24) is 21.3 Å². The van der Waals surface area contributed by atoms with E-state index < -0.39 is 59.2 Å². The molecule has 0 radical (unpaired) electrons. The first-order valence-electron chi connectivity index (χ1n) is 12.1. The van der Waals surface area contributed by atoms with Crippen molar-refractivity contribution < 1.29 is 38.7 Å². The highest BCUT2D eigenvalue weighted by molar-refractivity contribution is 6.01. The van der Waals surface area contributed by atoms with Gasteiger partial charge in [-0.25, -0.2) is 0 Å². The van der Waals surface area contributed by atoms with E-state index in [-0.39, 0.29) is 42.9 Å². The zero-order valence-electron chi connectivity index (χ0n) is 20.9. The quantitative estimate of drug-likeness (QED) is 0.130. The Kier molecular flexibility index (Phi) is 11.4. The molecule has 7 N–H and O–H groups in total. The normalized spacial score (nSPS) is 20.5. The predicted octanol–water partition coefficient (Wildman–Crippen LogP) is -0.815. The van der Waals surface area contributed by atoms with Crippen LogP contribution in [0.4, 0.5) is 5.69 Å². The van der Waals surface area contributed by atoms with E-state index in [4.69, 9.17) is 15.6 Å². The molecule has 0 unspecified atom stereocenters. The Hall–Kier alpha value is -4.27. The van der Waals surface area contributed by atoms with Gasteiger partial charge in [0, 0.05) is 18.6 Å². The summed E-state index contributed by atoms with van der Waals surface area (Å²) >= 11 is 0. The van der Waals surface area contributed by atoms with E-state index in [0.717, 1.165) is 12.1 Å². The number of hydrogen-bond acceptors (Lipinski definition) is 9. The summed E-state index contributed by atoms with van der Waals surface area (Å²) in [6.45, 7) is 1.09. The van der Waals surface area contributed by atoms with Crippen molar-refractivity contribution in [2.45, 2.75) is 57.2 Å². The molecule has 0 saturated carbocycles. The minimum atomic E-state index is -1.29. The molecule has 3 atom stereocenters. The number of aliphatic carboxylic acids is 1. The molecule has 1 aliphatic heterocycles. The Morgan fingerprint density at radius 2 is 1.87 bits per heavy atom. The highest BCUT2D eigenvalue weighted by Crippen LogP contribution is 2.25. The zero-order chi connectivity index (χ0) is 28.2. The first-order chi connectivity index (χ1) is 18.1. The maximum Gasteiger partial charge on any atom is 0.322 e. The van der Waals surface area contributed by atoms with Gasteiger partial charge in [0.2, 0.25) is 17.7 Å². The fourth-order valence-corrected chi connectivity index (χ4v) is 3.67. The first kappa shape index (κ1) is 30.0. The van der Waals surface area contributed by atoms with Crippen LogP contribution in [-0.4, -0.2) is 77.4 Å². The number of ether oxygens (including phenoxy) is 1. The number of amides is 4. The molecule has 4 amide bonds. The summed E-state index contributed by atoms with van der Waals surface area (Å²) in [5.74, 6) is -4.29. The van der Waals surface area contributed by atoms with Gasteiger partial charge in [0.1, 0.15) is 30.4 Å². The minimum absolute atomic E-state index is 0.0453. The molecule has 1 aliphatic rings.